The van der Waals surface area contributed by atoms with Gasteiger partial charge >= 0.3 is 0 Å². The lowest BCUT2D eigenvalue weighted by Gasteiger charge is -2.29. The van der Waals surface area contributed by atoms with E-state index in [9.17, 15) is 4.79 Å². The Hall–Kier alpha value is -1.55. The van der Waals surface area contributed by atoms with Crippen LogP contribution in [0.15, 0.2) is 24.3 Å². The van der Waals surface area contributed by atoms with Crippen LogP contribution in [0.1, 0.15) is 32.1 Å². The molecule has 4 nitrogen and oxygen atoms in total. The first-order chi connectivity index (χ1) is 10.3. The Morgan fingerprint density at radius 1 is 1.05 bits per heavy atom. The fourth-order valence-corrected chi connectivity index (χ4v) is 3.44. The highest BCUT2D eigenvalue weighted by Gasteiger charge is 2.31. The molecule has 1 amide bonds. The molecule has 2 heterocycles. The van der Waals surface area contributed by atoms with E-state index in [1.807, 2.05) is 11.0 Å². The molecule has 4 heteroatoms. The van der Waals surface area contributed by atoms with Crippen LogP contribution >= 0.6 is 0 Å². The van der Waals surface area contributed by atoms with Crippen LogP contribution in [-0.2, 0) is 4.79 Å². The zero-order chi connectivity index (χ0) is 14.7. The van der Waals surface area contributed by atoms with Gasteiger partial charge in [-0.3, -0.25) is 4.79 Å². The van der Waals surface area contributed by atoms with Crippen LogP contribution in [0.4, 0.5) is 11.4 Å². The van der Waals surface area contributed by atoms with Crippen LogP contribution in [0.5, 0.6) is 0 Å². The van der Waals surface area contributed by atoms with Crippen LogP contribution < -0.4 is 15.5 Å². The van der Waals surface area contributed by atoms with E-state index in [0.29, 0.717) is 18.9 Å². The molecule has 0 spiro atoms. The highest BCUT2D eigenvalue weighted by molar-refractivity contribution is 5.98. The fourth-order valence-electron chi connectivity index (χ4n) is 3.44. The molecule has 1 aromatic rings. The molecule has 114 valence electrons. The topological polar surface area (TPSA) is 49.6 Å². The first-order valence-electron chi connectivity index (χ1n) is 8.14. The molecular weight excluding hydrogens is 262 g/mol. The summed E-state index contributed by atoms with van der Waals surface area (Å²) in [7, 11) is 0. The number of carbonyl (C=O) groups is 1. The number of rotatable bonds is 3. The average Bonchev–Trinajstić information content (AvgIpc) is 2.73. The van der Waals surface area contributed by atoms with Crippen molar-refractivity contribution in [2.45, 2.75) is 32.1 Å². The van der Waals surface area contributed by atoms with E-state index in [2.05, 4.69) is 23.1 Å². The third-order valence-electron chi connectivity index (χ3n) is 4.66. The minimum Gasteiger partial charge on any atom is -0.370 e. The van der Waals surface area contributed by atoms with Gasteiger partial charge in [0.1, 0.15) is 0 Å². The van der Waals surface area contributed by atoms with Crippen molar-refractivity contribution < 1.29 is 4.79 Å². The number of nitrogens with two attached hydrogens (primary N) is 1. The summed E-state index contributed by atoms with van der Waals surface area (Å²) in [5.41, 5.74) is 8.03. The van der Waals surface area contributed by atoms with Gasteiger partial charge in [-0.1, -0.05) is 25.0 Å². The van der Waals surface area contributed by atoms with E-state index in [0.717, 1.165) is 25.3 Å². The second-order valence-corrected chi connectivity index (χ2v) is 6.20. The lowest BCUT2D eigenvalue weighted by Crippen LogP contribution is -2.30. The van der Waals surface area contributed by atoms with Gasteiger partial charge in [0.05, 0.1) is 11.4 Å². The van der Waals surface area contributed by atoms with Gasteiger partial charge < -0.3 is 15.5 Å². The number of para-hydroxylation sites is 2. The van der Waals surface area contributed by atoms with E-state index in [1.54, 1.807) is 0 Å². The molecule has 2 aliphatic heterocycles. The maximum absolute atomic E-state index is 12.3. The van der Waals surface area contributed by atoms with Gasteiger partial charge in [0, 0.05) is 26.1 Å². The van der Waals surface area contributed by atoms with Crippen molar-refractivity contribution in [1.82, 2.24) is 0 Å². The van der Waals surface area contributed by atoms with Crippen LogP contribution in [0.25, 0.3) is 0 Å². The molecule has 2 N–H and O–H groups in total. The van der Waals surface area contributed by atoms with Gasteiger partial charge in [0.2, 0.25) is 5.91 Å². The summed E-state index contributed by atoms with van der Waals surface area (Å²) in [5, 5.41) is 0. The summed E-state index contributed by atoms with van der Waals surface area (Å²) >= 11 is 0. The van der Waals surface area contributed by atoms with Crippen molar-refractivity contribution in [2.75, 3.05) is 36.0 Å². The zero-order valence-corrected chi connectivity index (χ0v) is 12.6. The molecule has 0 saturated carbocycles. The van der Waals surface area contributed by atoms with Gasteiger partial charge in [0.15, 0.2) is 0 Å². The molecule has 2 saturated heterocycles. The van der Waals surface area contributed by atoms with Crippen LogP contribution in [0, 0.1) is 5.92 Å². The van der Waals surface area contributed by atoms with Crippen molar-refractivity contribution in [1.29, 1.82) is 0 Å². The van der Waals surface area contributed by atoms with E-state index in [1.165, 1.54) is 31.4 Å². The smallest absolute Gasteiger partial charge is 0.227 e. The molecule has 3 rings (SSSR count). The molecule has 0 aromatic heterocycles. The molecule has 21 heavy (non-hydrogen) atoms. The standard InChI is InChI=1S/C17H25N3O/c18-12-14-11-17(21)20(13-14)16-8-4-3-7-15(16)19-9-5-1-2-6-10-19/h3-4,7-8,14H,1-2,5-6,9-13,18H2. The van der Waals surface area contributed by atoms with Crippen molar-refractivity contribution in [3.8, 4) is 0 Å². The Labute approximate surface area is 126 Å². The third-order valence-corrected chi connectivity index (χ3v) is 4.66. The number of hydrogen-bond donors (Lipinski definition) is 1. The van der Waals surface area contributed by atoms with Crippen LogP contribution in [0.2, 0.25) is 0 Å². The Morgan fingerprint density at radius 2 is 1.71 bits per heavy atom. The van der Waals surface area contributed by atoms with Gasteiger partial charge in [-0.25, -0.2) is 0 Å². The number of anilines is 2. The predicted molar refractivity (Wildman–Crippen MR) is 86.6 cm³/mol. The molecular formula is C17H25N3O. The van der Waals surface area contributed by atoms with E-state index >= 15 is 0 Å². The summed E-state index contributed by atoms with van der Waals surface area (Å²) in [4.78, 5) is 16.7. The second kappa shape index (κ2) is 6.48. The normalized spacial score (nSPS) is 23.5. The van der Waals surface area contributed by atoms with Gasteiger partial charge in [-0.2, -0.15) is 0 Å². The summed E-state index contributed by atoms with van der Waals surface area (Å²) in [6.45, 7) is 3.55. The lowest BCUT2D eigenvalue weighted by atomic mass is 10.1. The summed E-state index contributed by atoms with van der Waals surface area (Å²) in [5.74, 6) is 0.516. The fraction of sp³-hybridized carbons (Fsp3) is 0.588. The number of hydrogen-bond acceptors (Lipinski definition) is 3. The SMILES string of the molecule is NCC1CC(=O)N(c2ccccc2N2CCCCCC2)C1. The minimum absolute atomic E-state index is 0.215. The largest absolute Gasteiger partial charge is 0.370 e. The molecule has 1 unspecified atom stereocenters. The van der Waals surface area contributed by atoms with E-state index in [-0.39, 0.29) is 5.91 Å². The molecule has 0 aliphatic carbocycles. The highest BCUT2D eigenvalue weighted by Crippen LogP contribution is 2.34. The number of benzene rings is 1. The zero-order valence-electron chi connectivity index (χ0n) is 12.6. The Kier molecular flexibility index (Phi) is 4.44. The maximum Gasteiger partial charge on any atom is 0.227 e. The van der Waals surface area contributed by atoms with Crippen molar-refractivity contribution in [3.63, 3.8) is 0 Å². The maximum atomic E-state index is 12.3. The van der Waals surface area contributed by atoms with Crippen LogP contribution in [0.3, 0.4) is 0 Å². The Balaban J connectivity index is 1.87. The Morgan fingerprint density at radius 3 is 2.33 bits per heavy atom. The number of nitrogens with zero attached hydrogens (tertiary/aromatic N) is 2. The highest BCUT2D eigenvalue weighted by atomic mass is 16.2. The first kappa shape index (κ1) is 14.4. The van der Waals surface area contributed by atoms with E-state index < -0.39 is 0 Å². The number of amides is 1. The molecule has 1 atom stereocenters. The Bertz CT molecular complexity index is 495. The molecule has 1 aromatic carbocycles. The summed E-state index contributed by atoms with van der Waals surface area (Å²) in [6, 6.07) is 8.34. The quantitative estimate of drug-likeness (QED) is 0.928. The number of carbonyl (C=O) groups excluding carboxylic acids is 1. The monoisotopic (exact) mass is 287 g/mol. The molecule has 2 fully saturated rings. The molecule has 0 radical (unpaired) electrons. The second-order valence-electron chi connectivity index (χ2n) is 6.20. The summed E-state index contributed by atoms with van der Waals surface area (Å²) < 4.78 is 0. The van der Waals surface area contributed by atoms with Crippen molar-refractivity contribution in [2.24, 2.45) is 11.7 Å². The van der Waals surface area contributed by atoms with Crippen LogP contribution in [-0.4, -0.2) is 32.1 Å². The third kappa shape index (κ3) is 3.05. The minimum atomic E-state index is 0.215. The molecule has 0 bridgehead atoms. The molecule has 2 aliphatic rings. The summed E-state index contributed by atoms with van der Waals surface area (Å²) in [6.07, 6.45) is 5.71. The average molecular weight is 287 g/mol. The van der Waals surface area contributed by atoms with E-state index in [4.69, 9.17) is 5.73 Å². The first-order valence-corrected chi connectivity index (χ1v) is 8.14. The van der Waals surface area contributed by atoms with Crippen molar-refractivity contribution >= 4 is 17.3 Å². The van der Waals surface area contributed by atoms with Crippen molar-refractivity contribution in [3.05, 3.63) is 24.3 Å². The lowest BCUT2D eigenvalue weighted by molar-refractivity contribution is -0.117. The van der Waals surface area contributed by atoms with Gasteiger partial charge in [0.25, 0.3) is 0 Å². The van der Waals surface area contributed by atoms with Gasteiger partial charge in [-0.05, 0) is 37.4 Å². The predicted octanol–water partition coefficient (Wildman–Crippen LogP) is 2.38. The van der Waals surface area contributed by atoms with Gasteiger partial charge in [-0.15, -0.1) is 0 Å².